The number of hydrogen-bond acceptors (Lipinski definition) is 5. The van der Waals surface area contributed by atoms with E-state index in [1.807, 2.05) is 6.92 Å². The number of carbonyl (C=O) groups excluding carboxylic acids is 1. The van der Waals surface area contributed by atoms with Crippen molar-refractivity contribution in [2.45, 2.75) is 26.3 Å². The van der Waals surface area contributed by atoms with Crippen molar-refractivity contribution in [2.24, 2.45) is 0 Å². The Labute approximate surface area is 168 Å². The third kappa shape index (κ3) is 4.99. The summed E-state index contributed by atoms with van der Waals surface area (Å²) in [6.07, 6.45) is 1.80. The molecule has 0 spiro atoms. The Morgan fingerprint density at radius 1 is 1.25 bits per heavy atom. The molecule has 0 aromatic heterocycles. The summed E-state index contributed by atoms with van der Waals surface area (Å²) in [7, 11) is -3.77. The lowest BCUT2D eigenvalue weighted by Gasteiger charge is -2.28. The second kappa shape index (κ2) is 8.57. The molecule has 0 heterocycles. The van der Waals surface area contributed by atoms with Crippen LogP contribution in [0.1, 0.15) is 19.4 Å². The van der Waals surface area contributed by atoms with E-state index in [4.69, 9.17) is 11.6 Å². The molecule has 150 valence electrons. The lowest BCUT2D eigenvalue weighted by Crippen LogP contribution is -2.45. The molecule has 0 bridgehead atoms. The highest BCUT2D eigenvalue weighted by molar-refractivity contribution is 7.92. The third-order valence-electron chi connectivity index (χ3n) is 4.11. The molecule has 0 aliphatic carbocycles. The first kappa shape index (κ1) is 21.6. The van der Waals surface area contributed by atoms with Gasteiger partial charge in [-0.15, -0.1) is 0 Å². The van der Waals surface area contributed by atoms with Gasteiger partial charge in [-0.2, -0.15) is 0 Å². The second-order valence-electron chi connectivity index (χ2n) is 6.17. The van der Waals surface area contributed by atoms with Gasteiger partial charge < -0.3 is 5.32 Å². The van der Waals surface area contributed by atoms with E-state index in [1.54, 1.807) is 24.3 Å². The van der Waals surface area contributed by atoms with Gasteiger partial charge in [-0.05, 0) is 37.1 Å². The number of anilines is 2. The first-order valence-corrected chi connectivity index (χ1v) is 10.6. The van der Waals surface area contributed by atoms with E-state index in [1.165, 1.54) is 19.1 Å². The fourth-order valence-electron chi connectivity index (χ4n) is 2.65. The fourth-order valence-corrected chi connectivity index (χ4v) is 3.99. The molecule has 28 heavy (non-hydrogen) atoms. The summed E-state index contributed by atoms with van der Waals surface area (Å²) in [5.74, 6) is -0.674. The lowest BCUT2D eigenvalue weighted by molar-refractivity contribution is -0.384. The van der Waals surface area contributed by atoms with E-state index in [9.17, 15) is 23.3 Å². The molecule has 0 aliphatic rings. The third-order valence-corrected chi connectivity index (χ3v) is 5.68. The molecule has 0 radical (unpaired) electrons. The van der Waals surface area contributed by atoms with Gasteiger partial charge in [0.2, 0.25) is 15.9 Å². The molecule has 10 heteroatoms. The first-order chi connectivity index (χ1) is 13.0. The highest BCUT2D eigenvalue weighted by Crippen LogP contribution is 2.28. The number of nitro groups is 1. The van der Waals surface area contributed by atoms with E-state index in [0.717, 1.165) is 28.6 Å². The number of nitrogens with zero attached hydrogens (tertiary/aromatic N) is 2. The smallest absolute Gasteiger partial charge is 0.271 e. The Bertz CT molecular complexity index is 993. The summed E-state index contributed by atoms with van der Waals surface area (Å²) in [5.41, 5.74) is 1.15. The quantitative estimate of drug-likeness (QED) is 0.538. The van der Waals surface area contributed by atoms with Crippen LogP contribution in [-0.4, -0.2) is 31.5 Å². The molecular weight excluding hydrogens is 406 g/mol. The molecule has 2 rings (SSSR count). The number of hydrogen-bond donors (Lipinski definition) is 1. The van der Waals surface area contributed by atoms with Crippen LogP contribution >= 0.6 is 11.6 Å². The number of rotatable bonds is 7. The largest absolute Gasteiger partial charge is 0.323 e. The van der Waals surface area contributed by atoms with Crippen molar-refractivity contribution < 1.29 is 18.1 Å². The highest BCUT2D eigenvalue weighted by Gasteiger charge is 2.29. The zero-order chi connectivity index (χ0) is 21.1. The fraction of sp³-hybridized carbons (Fsp3) is 0.278. The predicted octanol–water partition coefficient (Wildman–Crippen LogP) is 3.60. The summed E-state index contributed by atoms with van der Waals surface area (Å²) < 4.78 is 25.6. The van der Waals surface area contributed by atoms with Crippen molar-refractivity contribution in [1.82, 2.24) is 0 Å². The van der Waals surface area contributed by atoms with Gasteiger partial charge in [0.25, 0.3) is 5.69 Å². The molecule has 0 saturated heterocycles. The second-order valence-corrected chi connectivity index (χ2v) is 8.43. The van der Waals surface area contributed by atoms with E-state index in [0.29, 0.717) is 5.69 Å². The molecule has 2 aromatic carbocycles. The number of nitrogens with one attached hydrogen (secondary N) is 1. The number of sulfonamides is 1. The molecule has 0 aliphatic heterocycles. The van der Waals surface area contributed by atoms with Crippen molar-refractivity contribution in [3.63, 3.8) is 0 Å². The van der Waals surface area contributed by atoms with Gasteiger partial charge in [0.05, 0.1) is 27.6 Å². The van der Waals surface area contributed by atoms with Crippen LogP contribution < -0.4 is 9.62 Å². The van der Waals surface area contributed by atoms with Crippen LogP contribution in [0.2, 0.25) is 5.02 Å². The van der Waals surface area contributed by atoms with Crippen LogP contribution in [0.5, 0.6) is 0 Å². The summed E-state index contributed by atoms with van der Waals surface area (Å²) in [6, 6.07) is 9.34. The van der Waals surface area contributed by atoms with Crippen LogP contribution in [-0.2, 0) is 21.2 Å². The maximum atomic E-state index is 12.7. The minimum atomic E-state index is -3.77. The summed E-state index contributed by atoms with van der Waals surface area (Å²) in [6.45, 7) is 3.40. The predicted molar refractivity (Wildman–Crippen MR) is 109 cm³/mol. The van der Waals surface area contributed by atoms with Gasteiger partial charge in [0.1, 0.15) is 6.04 Å². The number of halogens is 1. The molecule has 2 aromatic rings. The molecule has 1 atom stereocenters. The lowest BCUT2D eigenvalue weighted by atomic mass is 10.1. The molecule has 0 saturated carbocycles. The number of amides is 1. The topological polar surface area (TPSA) is 110 Å². The number of non-ortho nitro benzene ring substituents is 1. The van der Waals surface area contributed by atoms with Gasteiger partial charge in [-0.1, -0.05) is 30.7 Å². The molecule has 8 nitrogen and oxygen atoms in total. The SMILES string of the molecule is CCc1ccc(N([C@@H](C)C(=O)Nc2cc([N+](=O)[O-])ccc2Cl)S(C)(=O)=O)cc1. The monoisotopic (exact) mass is 425 g/mol. The minimum absolute atomic E-state index is 0.0301. The minimum Gasteiger partial charge on any atom is -0.323 e. The Hall–Kier alpha value is -2.65. The van der Waals surface area contributed by atoms with Crippen molar-refractivity contribution in [1.29, 1.82) is 0 Å². The Balaban J connectivity index is 2.34. The van der Waals surface area contributed by atoms with Crippen LogP contribution in [0.3, 0.4) is 0 Å². The molecular formula is C18H20ClN3O5S. The Morgan fingerprint density at radius 3 is 2.36 bits per heavy atom. The standard InChI is InChI=1S/C18H20ClN3O5S/c1-4-13-5-7-14(8-6-13)21(28(3,26)27)12(2)18(23)20-17-11-15(22(24)25)9-10-16(17)19/h5-12H,4H2,1-3H3,(H,20,23)/t12-/m0/s1. The van der Waals surface area contributed by atoms with Gasteiger partial charge >= 0.3 is 0 Å². The molecule has 1 N–H and O–H groups in total. The average Bonchev–Trinajstić information content (AvgIpc) is 2.62. The number of nitro benzene ring substituents is 1. The Kier molecular flexibility index (Phi) is 6.63. The van der Waals surface area contributed by atoms with Crippen LogP contribution in [0.15, 0.2) is 42.5 Å². The molecule has 1 amide bonds. The number of carbonyl (C=O) groups is 1. The normalized spacial score (nSPS) is 12.3. The van der Waals surface area contributed by atoms with Crippen molar-refractivity contribution in [3.05, 3.63) is 63.2 Å². The summed E-state index contributed by atoms with van der Waals surface area (Å²) in [4.78, 5) is 23.0. The van der Waals surface area contributed by atoms with Crippen LogP contribution in [0.25, 0.3) is 0 Å². The van der Waals surface area contributed by atoms with Gasteiger partial charge in [-0.25, -0.2) is 8.42 Å². The average molecular weight is 426 g/mol. The van der Waals surface area contributed by atoms with E-state index in [-0.39, 0.29) is 16.4 Å². The van der Waals surface area contributed by atoms with Gasteiger partial charge in [0.15, 0.2) is 0 Å². The zero-order valence-electron chi connectivity index (χ0n) is 15.5. The van der Waals surface area contributed by atoms with Gasteiger partial charge in [-0.3, -0.25) is 19.2 Å². The molecule has 0 unspecified atom stereocenters. The Morgan fingerprint density at radius 2 is 1.86 bits per heavy atom. The van der Waals surface area contributed by atoms with E-state index < -0.39 is 26.9 Å². The van der Waals surface area contributed by atoms with E-state index in [2.05, 4.69) is 5.32 Å². The van der Waals surface area contributed by atoms with E-state index >= 15 is 0 Å². The number of benzene rings is 2. The van der Waals surface area contributed by atoms with Gasteiger partial charge in [0, 0.05) is 12.1 Å². The summed E-state index contributed by atoms with van der Waals surface area (Å²) in [5, 5.41) is 13.5. The zero-order valence-corrected chi connectivity index (χ0v) is 17.1. The van der Waals surface area contributed by atoms with Crippen molar-refractivity contribution in [2.75, 3.05) is 15.9 Å². The maximum absolute atomic E-state index is 12.7. The van der Waals surface area contributed by atoms with Crippen molar-refractivity contribution >= 4 is 44.6 Å². The van der Waals surface area contributed by atoms with Crippen molar-refractivity contribution in [3.8, 4) is 0 Å². The number of aryl methyl sites for hydroxylation is 1. The maximum Gasteiger partial charge on any atom is 0.271 e. The summed E-state index contributed by atoms with van der Waals surface area (Å²) >= 11 is 6.00. The highest BCUT2D eigenvalue weighted by atomic mass is 35.5. The van der Waals surface area contributed by atoms with Crippen LogP contribution in [0, 0.1) is 10.1 Å². The first-order valence-electron chi connectivity index (χ1n) is 8.37. The molecule has 0 fully saturated rings. The van der Waals surface area contributed by atoms with Crippen LogP contribution in [0.4, 0.5) is 17.1 Å².